The van der Waals surface area contributed by atoms with Crippen molar-refractivity contribution in [3.63, 3.8) is 0 Å². The Balaban J connectivity index is 2.42. The van der Waals surface area contributed by atoms with Gasteiger partial charge in [0.1, 0.15) is 0 Å². The van der Waals surface area contributed by atoms with E-state index in [2.05, 4.69) is 51.9 Å². The molecular formula is C18H29NO. The highest BCUT2D eigenvalue weighted by atomic mass is 16.3. The van der Waals surface area contributed by atoms with Gasteiger partial charge >= 0.3 is 0 Å². The van der Waals surface area contributed by atoms with Crippen LogP contribution in [0.3, 0.4) is 0 Å². The third-order valence-corrected chi connectivity index (χ3v) is 5.30. The van der Waals surface area contributed by atoms with Crippen LogP contribution < -0.4 is 0 Å². The van der Waals surface area contributed by atoms with Crippen LogP contribution in [0.15, 0.2) is 12.1 Å². The minimum Gasteiger partial charge on any atom is -0.386 e. The van der Waals surface area contributed by atoms with Gasteiger partial charge in [-0.2, -0.15) is 0 Å². The molecule has 0 spiro atoms. The summed E-state index contributed by atoms with van der Waals surface area (Å²) < 4.78 is 0. The lowest BCUT2D eigenvalue weighted by Crippen LogP contribution is -2.50. The van der Waals surface area contributed by atoms with E-state index in [4.69, 9.17) is 0 Å². The van der Waals surface area contributed by atoms with E-state index in [1.54, 1.807) is 0 Å². The molecule has 1 aromatic carbocycles. The van der Waals surface area contributed by atoms with Gasteiger partial charge in [0.15, 0.2) is 0 Å². The number of hydrogen-bond acceptors (Lipinski definition) is 2. The lowest BCUT2D eigenvalue weighted by atomic mass is 9.73. The van der Waals surface area contributed by atoms with Crippen LogP contribution in [-0.4, -0.2) is 29.6 Å². The molecule has 1 unspecified atom stereocenters. The molecule has 0 amide bonds. The summed E-state index contributed by atoms with van der Waals surface area (Å²) in [5.74, 6) is 0. The third kappa shape index (κ3) is 2.64. The molecule has 1 fully saturated rings. The fourth-order valence-electron chi connectivity index (χ4n) is 3.70. The summed E-state index contributed by atoms with van der Waals surface area (Å²) in [6.07, 6.45) is 5.53. The second-order valence-electron chi connectivity index (χ2n) is 6.75. The minimum absolute atomic E-state index is 0.0926. The highest BCUT2D eigenvalue weighted by molar-refractivity contribution is 5.39. The van der Waals surface area contributed by atoms with E-state index < -0.39 is 6.10 Å². The molecule has 0 radical (unpaired) electrons. The quantitative estimate of drug-likeness (QED) is 0.904. The molecule has 0 aromatic heterocycles. The lowest BCUT2D eigenvalue weighted by Gasteiger charge is -2.47. The summed E-state index contributed by atoms with van der Waals surface area (Å²) in [6, 6.07) is 4.40. The molecule has 112 valence electrons. The maximum atomic E-state index is 11.1. The summed E-state index contributed by atoms with van der Waals surface area (Å²) in [6.45, 7) is 6.40. The van der Waals surface area contributed by atoms with Crippen molar-refractivity contribution in [2.75, 3.05) is 14.1 Å². The minimum atomic E-state index is -0.392. The van der Waals surface area contributed by atoms with Gasteiger partial charge < -0.3 is 10.0 Å². The van der Waals surface area contributed by atoms with Crippen molar-refractivity contribution in [1.29, 1.82) is 0 Å². The Hall–Kier alpha value is -0.860. The maximum absolute atomic E-state index is 11.1. The van der Waals surface area contributed by atoms with Crippen LogP contribution in [0.5, 0.6) is 0 Å². The molecule has 2 heteroatoms. The number of aliphatic hydroxyl groups excluding tert-OH is 1. The normalized spacial score (nSPS) is 20.1. The molecule has 0 heterocycles. The molecule has 0 bridgehead atoms. The number of aryl methyl sites for hydroxylation is 3. The van der Waals surface area contributed by atoms with Gasteiger partial charge in [-0.1, -0.05) is 31.4 Å². The zero-order chi connectivity index (χ0) is 14.9. The molecule has 2 rings (SSSR count). The number of nitrogens with zero attached hydrogens (tertiary/aromatic N) is 1. The first kappa shape index (κ1) is 15.5. The van der Waals surface area contributed by atoms with Crippen molar-refractivity contribution in [3.8, 4) is 0 Å². The highest BCUT2D eigenvalue weighted by Crippen LogP contribution is 2.43. The average Bonchev–Trinajstić information content (AvgIpc) is 2.42. The number of benzene rings is 1. The first-order valence-corrected chi connectivity index (χ1v) is 7.82. The van der Waals surface area contributed by atoms with E-state index in [0.29, 0.717) is 0 Å². The third-order valence-electron chi connectivity index (χ3n) is 5.30. The molecule has 1 saturated carbocycles. The molecule has 0 aliphatic heterocycles. The largest absolute Gasteiger partial charge is 0.386 e. The van der Waals surface area contributed by atoms with Crippen molar-refractivity contribution < 1.29 is 5.11 Å². The zero-order valence-electron chi connectivity index (χ0n) is 13.7. The van der Waals surface area contributed by atoms with Crippen LogP contribution in [0.1, 0.15) is 60.5 Å². The van der Waals surface area contributed by atoms with Crippen LogP contribution in [-0.2, 0) is 0 Å². The molecule has 1 N–H and O–H groups in total. The van der Waals surface area contributed by atoms with Crippen molar-refractivity contribution in [2.24, 2.45) is 0 Å². The fraction of sp³-hybridized carbons (Fsp3) is 0.667. The standard InChI is InChI=1S/C18H29NO/c1-13-11-15(3)16(12-14(13)2)17(20)18(19(4)5)9-7-6-8-10-18/h11-12,17,20H,6-10H2,1-5H3. The highest BCUT2D eigenvalue weighted by Gasteiger charge is 2.42. The van der Waals surface area contributed by atoms with Crippen LogP contribution in [0, 0.1) is 20.8 Å². The molecule has 0 saturated heterocycles. The van der Waals surface area contributed by atoms with E-state index in [9.17, 15) is 5.11 Å². The second-order valence-corrected chi connectivity index (χ2v) is 6.75. The summed E-state index contributed by atoms with van der Waals surface area (Å²) in [7, 11) is 4.23. The Morgan fingerprint density at radius 1 is 0.950 bits per heavy atom. The van der Waals surface area contributed by atoms with E-state index in [1.165, 1.54) is 36.0 Å². The second kappa shape index (κ2) is 5.87. The molecule has 20 heavy (non-hydrogen) atoms. The van der Waals surface area contributed by atoms with Gasteiger partial charge in [-0.15, -0.1) is 0 Å². The number of rotatable bonds is 3. The Bertz CT molecular complexity index is 473. The monoisotopic (exact) mass is 275 g/mol. The smallest absolute Gasteiger partial charge is 0.0976 e. The van der Waals surface area contributed by atoms with Crippen molar-refractivity contribution in [3.05, 3.63) is 34.4 Å². The Morgan fingerprint density at radius 3 is 2.05 bits per heavy atom. The SMILES string of the molecule is Cc1cc(C)c(C(O)C2(N(C)C)CCCCC2)cc1C. The number of likely N-dealkylation sites (N-methyl/N-ethyl adjacent to an activating group) is 1. The number of aliphatic hydroxyl groups is 1. The molecular weight excluding hydrogens is 246 g/mol. The topological polar surface area (TPSA) is 23.5 Å². The van der Waals surface area contributed by atoms with Crippen LogP contribution in [0.2, 0.25) is 0 Å². The van der Waals surface area contributed by atoms with Gasteiger partial charge in [0, 0.05) is 0 Å². The Kier molecular flexibility index (Phi) is 4.55. The molecule has 1 aliphatic carbocycles. The van der Waals surface area contributed by atoms with E-state index in [1.807, 2.05) is 0 Å². The average molecular weight is 275 g/mol. The van der Waals surface area contributed by atoms with Gasteiger partial charge in [0.2, 0.25) is 0 Å². The van der Waals surface area contributed by atoms with Crippen molar-refractivity contribution in [2.45, 2.75) is 64.5 Å². The first-order valence-electron chi connectivity index (χ1n) is 7.82. The Morgan fingerprint density at radius 2 is 1.50 bits per heavy atom. The van der Waals surface area contributed by atoms with Gasteiger partial charge in [0.05, 0.1) is 11.6 Å². The predicted octanol–water partition coefficient (Wildman–Crippen LogP) is 3.91. The van der Waals surface area contributed by atoms with Crippen LogP contribution in [0.4, 0.5) is 0 Å². The van der Waals surface area contributed by atoms with E-state index in [0.717, 1.165) is 18.4 Å². The zero-order valence-corrected chi connectivity index (χ0v) is 13.7. The first-order chi connectivity index (χ1) is 9.38. The molecule has 2 nitrogen and oxygen atoms in total. The van der Waals surface area contributed by atoms with Crippen molar-refractivity contribution in [1.82, 2.24) is 4.90 Å². The van der Waals surface area contributed by atoms with Crippen molar-refractivity contribution >= 4 is 0 Å². The van der Waals surface area contributed by atoms with E-state index >= 15 is 0 Å². The van der Waals surface area contributed by atoms with E-state index in [-0.39, 0.29) is 5.54 Å². The number of hydrogen-bond donors (Lipinski definition) is 1. The lowest BCUT2D eigenvalue weighted by molar-refractivity contribution is -0.0339. The van der Waals surface area contributed by atoms with Gasteiger partial charge in [-0.25, -0.2) is 0 Å². The molecule has 1 atom stereocenters. The summed E-state index contributed by atoms with van der Waals surface area (Å²) in [5.41, 5.74) is 4.82. The maximum Gasteiger partial charge on any atom is 0.0976 e. The summed E-state index contributed by atoms with van der Waals surface area (Å²) in [5, 5.41) is 11.1. The summed E-state index contributed by atoms with van der Waals surface area (Å²) in [4.78, 5) is 2.26. The summed E-state index contributed by atoms with van der Waals surface area (Å²) >= 11 is 0. The fourth-order valence-corrected chi connectivity index (χ4v) is 3.70. The Labute approximate surface area is 123 Å². The molecule has 1 aliphatic rings. The van der Waals surface area contributed by atoms with Gasteiger partial charge in [-0.05, 0) is 70.0 Å². The van der Waals surface area contributed by atoms with Gasteiger partial charge in [0.25, 0.3) is 0 Å². The molecule has 1 aromatic rings. The predicted molar refractivity (Wildman–Crippen MR) is 85.1 cm³/mol. The van der Waals surface area contributed by atoms with Crippen LogP contribution >= 0.6 is 0 Å². The van der Waals surface area contributed by atoms with Crippen LogP contribution in [0.25, 0.3) is 0 Å². The van der Waals surface area contributed by atoms with Gasteiger partial charge in [-0.3, -0.25) is 0 Å².